The highest BCUT2D eigenvalue weighted by atomic mass is 16.0. The van der Waals surface area contributed by atoms with Crippen molar-refractivity contribution in [3.63, 3.8) is 0 Å². The summed E-state index contributed by atoms with van der Waals surface area (Å²) in [7, 11) is 0. The number of hydrogen-bond donors (Lipinski definition) is 0. The normalized spacial score (nSPS) is 0. The monoisotopic (exact) mass is 146 g/mol. The Labute approximate surface area is 46.7 Å². The van der Waals surface area contributed by atoms with Gasteiger partial charge in [-0.15, -0.1) is 0 Å². The first-order chi connectivity index (χ1) is 0. The van der Waals surface area contributed by atoms with Crippen LogP contribution in [0, 0.1) is 0 Å². The van der Waals surface area contributed by atoms with E-state index in [9.17, 15) is 0 Å². The van der Waals surface area contributed by atoms with E-state index in [0.29, 0.717) is 0 Å². The molecule has 0 aromatic rings. The van der Waals surface area contributed by atoms with Gasteiger partial charge in [-0.1, -0.05) is 0 Å². The van der Waals surface area contributed by atoms with E-state index >= 15 is 0 Å². The molecule has 0 aromatic heterocycles. The van der Waals surface area contributed by atoms with Crippen molar-refractivity contribution in [1.82, 2.24) is 0 Å². The van der Waals surface area contributed by atoms with Crippen LogP contribution in [0.25, 0.3) is 0 Å². The zero-order valence-corrected chi connectivity index (χ0v) is 4.00. The van der Waals surface area contributed by atoms with Crippen molar-refractivity contribution in [2.45, 2.75) is 0 Å². The largest absolute Gasteiger partial charge is 0.412 e. The first kappa shape index (κ1) is 3350. The molecule has 0 heterocycles. The molecule has 0 amide bonds. The molecule has 0 radical (unpaired) electrons. The fourth-order valence-electron chi connectivity index (χ4n) is 0. The van der Waals surface area contributed by atoms with Crippen LogP contribution in [-0.4, -0.2) is 43.8 Å². The zero-order chi connectivity index (χ0) is 0. The molecule has 0 aromatic carbocycles. The van der Waals surface area contributed by atoms with E-state index in [2.05, 4.69) is 0 Å². The Morgan fingerprint density at radius 1 is 0.250 bits per heavy atom. The molecule has 0 saturated carbocycles. The Morgan fingerprint density at radius 2 is 0.250 bits per heavy atom. The molecule has 8 nitrogen and oxygen atoms in total. The van der Waals surface area contributed by atoms with Crippen molar-refractivity contribution in [3.8, 4) is 0 Å². The second-order valence-electron chi connectivity index (χ2n) is 0. The van der Waals surface area contributed by atoms with Crippen LogP contribution in [-0.2, 0) is 0 Å². The van der Waals surface area contributed by atoms with E-state index < -0.39 is 0 Å². The van der Waals surface area contributed by atoms with Crippen molar-refractivity contribution in [3.05, 3.63) is 0 Å². The lowest BCUT2D eigenvalue weighted by Gasteiger charge is -0.413. The molecular weight excluding hydrogens is 128 g/mol. The third kappa shape index (κ3) is 1210. The van der Waals surface area contributed by atoms with Crippen LogP contribution < -0.4 is 0 Å². The van der Waals surface area contributed by atoms with E-state index in [1.165, 1.54) is 0 Å². The van der Waals surface area contributed by atoms with Crippen molar-refractivity contribution >= 4 is 0 Å². The van der Waals surface area contributed by atoms with Crippen LogP contribution >= 0.6 is 0 Å². The highest BCUT2D eigenvalue weighted by molar-refractivity contribution is 0.831. The molecule has 0 aliphatic heterocycles. The van der Waals surface area contributed by atoms with Gasteiger partial charge in [-0.2, -0.15) is 0 Å². The maximum Gasteiger partial charge on any atom is 0 e. The second kappa shape index (κ2) is 2100. The Hall–Kier alpha value is -0.320. The molecule has 0 rings (SSSR count). The number of hydrogen-bond acceptors (Lipinski definition) is 0. The zero-order valence-electron chi connectivity index (χ0n) is 4.00. The van der Waals surface area contributed by atoms with Gasteiger partial charge >= 0.3 is 0 Å². The Kier molecular flexibility index (Phi) is 880000. The molecule has 66 valence electrons. The molecule has 0 bridgehead atoms. The fourth-order valence-corrected chi connectivity index (χ4v) is 0. The summed E-state index contributed by atoms with van der Waals surface area (Å²) >= 11 is 0. The van der Waals surface area contributed by atoms with Gasteiger partial charge in [0.2, 0.25) is 0 Å². The van der Waals surface area contributed by atoms with Gasteiger partial charge in [0.25, 0.3) is 0 Å². The molecule has 0 unspecified atom stereocenters. The van der Waals surface area contributed by atoms with E-state index in [-0.39, 0.29) is 45.2 Å². The molecule has 0 aliphatic rings. The van der Waals surface area contributed by atoms with E-state index in [1.54, 1.807) is 0 Å². The minimum Gasteiger partial charge on any atom is -0.412 e. The molecule has 0 atom stereocenters. The first-order valence-corrected chi connectivity index (χ1v) is 0. The highest BCUT2D eigenvalue weighted by Crippen LogP contribution is -0.282. The smallest absolute Gasteiger partial charge is 0 e. The predicted octanol–water partition coefficient (Wildman–Crippen LogP) is -6.35. The van der Waals surface area contributed by atoms with Crippen molar-refractivity contribution in [1.29, 1.82) is 0 Å². The first-order valence-electron chi connectivity index (χ1n) is 0. The second-order valence-corrected chi connectivity index (χ2v) is 0. The summed E-state index contributed by atoms with van der Waals surface area (Å²) in [5.74, 6) is 0. The summed E-state index contributed by atoms with van der Waals surface area (Å²) in [6.07, 6.45) is 0. The van der Waals surface area contributed by atoms with Crippen LogP contribution in [0.15, 0.2) is 0 Å². The Balaban J connectivity index is 0. The molecule has 0 fully saturated rings. The van der Waals surface area contributed by atoms with E-state index in [1.807, 2.05) is 0 Å². The van der Waals surface area contributed by atoms with Crippen LogP contribution in [0.2, 0.25) is 0 Å². The summed E-state index contributed by atoms with van der Waals surface area (Å²) in [5.41, 5.74) is 0. The van der Waals surface area contributed by atoms with Crippen molar-refractivity contribution in [2.75, 3.05) is 0 Å². The van der Waals surface area contributed by atoms with Crippen LogP contribution in [0.4, 0.5) is 0 Å². The quantitative estimate of drug-likeness (QED) is 0.308. The minimum atomic E-state index is 0. The summed E-state index contributed by atoms with van der Waals surface area (Å²) in [6.45, 7) is 0. The summed E-state index contributed by atoms with van der Waals surface area (Å²) < 4.78 is 0. The third-order valence-electron chi connectivity index (χ3n) is 0. The van der Waals surface area contributed by atoms with Crippen molar-refractivity contribution in [2.24, 2.45) is 0 Å². The highest BCUT2D eigenvalue weighted by Gasteiger charge is -0.405. The predicted molar refractivity (Wildman–Crippen MR) is 31.0 cm³/mol. The van der Waals surface area contributed by atoms with Crippen LogP contribution in [0.3, 0.4) is 0 Å². The molecule has 0 aliphatic carbocycles. The van der Waals surface area contributed by atoms with E-state index in [0.717, 1.165) is 0 Å². The topological polar surface area (TPSA) is 252 Å². The standard InChI is InChI=1S/8H2O.H2/h8*1H2;1H. The van der Waals surface area contributed by atoms with Crippen LogP contribution in [0.1, 0.15) is 1.43 Å². The Morgan fingerprint density at radius 3 is 0.250 bits per heavy atom. The molecule has 8 heteroatoms. The molecular formula is H18O8. The van der Waals surface area contributed by atoms with Crippen molar-refractivity contribution < 1.29 is 45.2 Å². The lowest BCUT2D eigenvalue weighted by molar-refractivity contribution is 0.823. The van der Waals surface area contributed by atoms with Gasteiger partial charge in [-0.05, 0) is 0 Å². The lowest BCUT2D eigenvalue weighted by atomic mass is 16.0. The van der Waals surface area contributed by atoms with Gasteiger partial charge in [0.1, 0.15) is 0 Å². The van der Waals surface area contributed by atoms with Gasteiger partial charge in [-0.25, -0.2) is 0 Å². The van der Waals surface area contributed by atoms with Gasteiger partial charge in [0, 0.05) is 1.43 Å². The summed E-state index contributed by atoms with van der Waals surface area (Å²) in [5, 5.41) is 0. The van der Waals surface area contributed by atoms with Gasteiger partial charge in [0.15, 0.2) is 0 Å². The molecule has 16 N–H and O–H groups in total. The average molecular weight is 146 g/mol. The fraction of sp³-hybridized carbons (Fsp3) is 0. The molecule has 8 heavy (non-hydrogen) atoms. The summed E-state index contributed by atoms with van der Waals surface area (Å²) in [6, 6.07) is 0. The third-order valence-corrected chi connectivity index (χ3v) is 0. The maximum atomic E-state index is 0. The van der Waals surface area contributed by atoms with E-state index in [4.69, 9.17) is 0 Å². The summed E-state index contributed by atoms with van der Waals surface area (Å²) in [4.78, 5) is 0. The van der Waals surface area contributed by atoms with Gasteiger partial charge in [-0.3, -0.25) is 0 Å². The maximum absolute atomic E-state index is 0. The Bertz CT molecular complexity index is 4.53. The SMILES string of the molecule is O.O.O.O.O.O.O.O.[HH]. The van der Waals surface area contributed by atoms with Gasteiger partial charge < -0.3 is 43.8 Å². The minimum absolute atomic E-state index is 0. The molecule has 0 spiro atoms. The number of rotatable bonds is 0. The van der Waals surface area contributed by atoms with Crippen LogP contribution in [0.5, 0.6) is 0 Å². The average Bonchev–Trinajstić information content (AvgIpc) is 0. The molecule has 0 saturated heterocycles. The lowest BCUT2D eigenvalue weighted by Crippen LogP contribution is -0.290. The van der Waals surface area contributed by atoms with Gasteiger partial charge in [0.05, 0.1) is 0 Å².